The van der Waals surface area contributed by atoms with E-state index in [9.17, 15) is 4.79 Å². The number of pyridine rings is 2. The van der Waals surface area contributed by atoms with Gasteiger partial charge in [-0.15, -0.1) is 0 Å². The Kier molecular flexibility index (Phi) is 4.05. The highest BCUT2D eigenvalue weighted by Crippen LogP contribution is 2.22. The number of rotatable bonds is 4. The van der Waals surface area contributed by atoms with Gasteiger partial charge in [0, 0.05) is 35.1 Å². The fraction of sp³-hybridized carbons (Fsp3) is 0.263. The summed E-state index contributed by atoms with van der Waals surface area (Å²) in [7, 11) is 0. The van der Waals surface area contributed by atoms with Crippen LogP contribution in [0.4, 0.5) is 0 Å². The van der Waals surface area contributed by atoms with E-state index in [0.717, 1.165) is 40.6 Å². The Morgan fingerprint density at radius 1 is 1.05 bits per heavy atom. The maximum Gasteiger partial charge on any atom is 0.189 e. The van der Waals surface area contributed by atoms with Gasteiger partial charge in [0.2, 0.25) is 0 Å². The summed E-state index contributed by atoms with van der Waals surface area (Å²) in [5.74, 6) is 0.633. The molecule has 3 heteroatoms. The summed E-state index contributed by atoms with van der Waals surface area (Å²) < 4.78 is 0. The molecule has 0 aliphatic carbocycles. The summed E-state index contributed by atoms with van der Waals surface area (Å²) >= 11 is 0. The molecule has 0 saturated carbocycles. The van der Waals surface area contributed by atoms with Crippen molar-refractivity contribution in [2.24, 2.45) is 5.92 Å². The van der Waals surface area contributed by atoms with Gasteiger partial charge in [-0.05, 0) is 54.2 Å². The van der Waals surface area contributed by atoms with Crippen molar-refractivity contribution in [3.63, 3.8) is 0 Å². The lowest BCUT2D eigenvalue weighted by atomic mass is 10.0. The third-order valence-electron chi connectivity index (χ3n) is 3.89. The highest BCUT2D eigenvalue weighted by atomic mass is 16.1. The summed E-state index contributed by atoms with van der Waals surface area (Å²) in [5.41, 5.74) is 4.12. The SMILES string of the molecule is CC(C)CCc1cc(=O)c2cc(-c3ccncc3)ccc2[nH]1. The van der Waals surface area contributed by atoms with Gasteiger partial charge < -0.3 is 4.98 Å². The first-order chi connectivity index (χ1) is 10.6. The first-order valence-corrected chi connectivity index (χ1v) is 7.70. The molecule has 0 atom stereocenters. The number of hydrogen-bond acceptors (Lipinski definition) is 2. The predicted octanol–water partition coefficient (Wildman–Crippen LogP) is 4.18. The molecule has 0 aliphatic heterocycles. The molecule has 1 aromatic carbocycles. The number of nitrogens with zero attached hydrogens (tertiary/aromatic N) is 1. The number of aromatic amines is 1. The third-order valence-corrected chi connectivity index (χ3v) is 3.89. The first kappa shape index (κ1) is 14.5. The third kappa shape index (κ3) is 3.08. The van der Waals surface area contributed by atoms with Gasteiger partial charge in [0.25, 0.3) is 0 Å². The maximum absolute atomic E-state index is 12.4. The second kappa shape index (κ2) is 6.14. The topological polar surface area (TPSA) is 45.8 Å². The molecule has 0 bridgehead atoms. The van der Waals surface area contributed by atoms with Gasteiger partial charge in [-0.1, -0.05) is 19.9 Å². The largest absolute Gasteiger partial charge is 0.358 e. The number of benzene rings is 1. The van der Waals surface area contributed by atoms with E-state index in [2.05, 4.69) is 23.8 Å². The molecule has 2 heterocycles. The Hall–Kier alpha value is -2.42. The Morgan fingerprint density at radius 3 is 2.55 bits per heavy atom. The van der Waals surface area contributed by atoms with E-state index in [-0.39, 0.29) is 5.43 Å². The van der Waals surface area contributed by atoms with Crippen molar-refractivity contribution in [1.29, 1.82) is 0 Å². The molecule has 0 spiro atoms. The predicted molar refractivity (Wildman–Crippen MR) is 91.0 cm³/mol. The molecule has 0 saturated heterocycles. The van der Waals surface area contributed by atoms with Crippen LogP contribution in [0.25, 0.3) is 22.0 Å². The number of aromatic nitrogens is 2. The van der Waals surface area contributed by atoms with Crippen LogP contribution in [0.1, 0.15) is 26.0 Å². The molecule has 3 aromatic rings. The van der Waals surface area contributed by atoms with E-state index >= 15 is 0 Å². The molecule has 0 fully saturated rings. The minimum atomic E-state index is 0.0865. The minimum Gasteiger partial charge on any atom is -0.358 e. The van der Waals surface area contributed by atoms with E-state index in [4.69, 9.17) is 0 Å². The van der Waals surface area contributed by atoms with Gasteiger partial charge in [-0.2, -0.15) is 0 Å². The van der Waals surface area contributed by atoms with Crippen molar-refractivity contribution in [3.05, 3.63) is 64.7 Å². The van der Waals surface area contributed by atoms with Crippen LogP contribution in [0.5, 0.6) is 0 Å². The number of fused-ring (bicyclic) bond motifs is 1. The zero-order valence-electron chi connectivity index (χ0n) is 13.0. The Labute approximate surface area is 130 Å². The van der Waals surface area contributed by atoms with Crippen molar-refractivity contribution in [2.75, 3.05) is 0 Å². The van der Waals surface area contributed by atoms with E-state index in [1.807, 2.05) is 30.3 Å². The number of hydrogen-bond donors (Lipinski definition) is 1. The van der Waals surface area contributed by atoms with Crippen molar-refractivity contribution in [3.8, 4) is 11.1 Å². The zero-order chi connectivity index (χ0) is 15.5. The fourth-order valence-corrected chi connectivity index (χ4v) is 2.60. The Bertz CT molecular complexity index is 835. The maximum atomic E-state index is 12.4. The quantitative estimate of drug-likeness (QED) is 0.784. The van der Waals surface area contributed by atoms with Crippen LogP contribution < -0.4 is 5.43 Å². The summed E-state index contributed by atoms with van der Waals surface area (Å²) in [6, 6.07) is 11.6. The molecule has 0 aliphatic rings. The van der Waals surface area contributed by atoms with Crippen LogP contribution in [0.2, 0.25) is 0 Å². The second-order valence-corrected chi connectivity index (χ2v) is 6.09. The van der Waals surface area contributed by atoms with E-state index in [0.29, 0.717) is 5.92 Å². The first-order valence-electron chi connectivity index (χ1n) is 7.70. The average molecular weight is 292 g/mol. The van der Waals surface area contributed by atoms with Gasteiger partial charge in [0.05, 0.1) is 0 Å². The van der Waals surface area contributed by atoms with Crippen LogP contribution in [-0.2, 0) is 6.42 Å². The van der Waals surface area contributed by atoms with Crippen molar-refractivity contribution in [2.45, 2.75) is 26.7 Å². The van der Waals surface area contributed by atoms with Gasteiger partial charge in [0.1, 0.15) is 0 Å². The molecular formula is C19H20N2O. The standard InChI is InChI=1S/C19H20N2O/c1-13(2)3-5-16-12-19(22)17-11-15(4-6-18(17)21-16)14-7-9-20-10-8-14/h4,6-13H,3,5H2,1-2H3,(H,21,22). The van der Waals surface area contributed by atoms with Gasteiger partial charge in [-0.3, -0.25) is 9.78 Å². The molecule has 0 amide bonds. The second-order valence-electron chi connectivity index (χ2n) is 6.09. The molecule has 0 unspecified atom stereocenters. The summed E-state index contributed by atoms with van der Waals surface area (Å²) in [6.07, 6.45) is 5.52. The van der Waals surface area contributed by atoms with E-state index in [1.54, 1.807) is 18.5 Å². The number of aryl methyl sites for hydroxylation is 1. The Morgan fingerprint density at radius 2 is 1.82 bits per heavy atom. The molecule has 1 N–H and O–H groups in total. The lowest BCUT2D eigenvalue weighted by molar-refractivity contribution is 0.582. The number of H-pyrrole nitrogens is 1. The number of nitrogens with one attached hydrogen (secondary N) is 1. The Balaban J connectivity index is 2.01. The van der Waals surface area contributed by atoms with E-state index in [1.165, 1.54) is 0 Å². The lowest BCUT2D eigenvalue weighted by Crippen LogP contribution is -2.06. The molecular weight excluding hydrogens is 272 g/mol. The molecule has 112 valence electrons. The smallest absolute Gasteiger partial charge is 0.189 e. The highest BCUT2D eigenvalue weighted by molar-refractivity contribution is 5.84. The van der Waals surface area contributed by atoms with Gasteiger partial charge in [0.15, 0.2) is 5.43 Å². The monoisotopic (exact) mass is 292 g/mol. The highest BCUT2D eigenvalue weighted by Gasteiger charge is 2.06. The summed E-state index contributed by atoms with van der Waals surface area (Å²) in [6.45, 7) is 4.39. The molecule has 3 nitrogen and oxygen atoms in total. The summed E-state index contributed by atoms with van der Waals surface area (Å²) in [5, 5.41) is 0.739. The molecule has 3 rings (SSSR count). The summed E-state index contributed by atoms with van der Waals surface area (Å²) in [4.78, 5) is 19.8. The van der Waals surface area contributed by atoms with Gasteiger partial charge in [-0.25, -0.2) is 0 Å². The van der Waals surface area contributed by atoms with Crippen molar-refractivity contribution in [1.82, 2.24) is 9.97 Å². The van der Waals surface area contributed by atoms with Crippen LogP contribution in [0, 0.1) is 5.92 Å². The van der Waals surface area contributed by atoms with Crippen LogP contribution in [0.15, 0.2) is 53.6 Å². The lowest BCUT2D eigenvalue weighted by Gasteiger charge is -2.08. The van der Waals surface area contributed by atoms with Gasteiger partial charge >= 0.3 is 0 Å². The molecule has 0 radical (unpaired) electrons. The molecule has 2 aromatic heterocycles. The molecule has 22 heavy (non-hydrogen) atoms. The van der Waals surface area contributed by atoms with Crippen molar-refractivity contribution < 1.29 is 0 Å². The van der Waals surface area contributed by atoms with E-state index < -0.39 is 0 Å². The average Bonchev–Trinajstić information content (AvgIpc) is 2.53. The van der Waals surface area contributed by atoms with Crippen LogP contribution >= 0.6 is 0 Å². The fourth-order valence-electron chi connectivity index (χ4n) is 2.60. The van der Waals surface area contributed by atoms with Crippen molar-refractivity contribution >= 4 is 10.9 Å². The minimum absolute atomic E-state index is 0.0865. The van der Waals surface area contributed by atoms with Crippen LogP contribution in [-0.4, -0.2) is 9.97 Å². The van der Waals surface area contributed by atoms with Crippen LogP contribution in [0.3, 0.4) is 0 Å². The normalized spacial score (nSPS) is 11.2. The zero-order valence-corrected chi connectivity index (χ0v) is 13.0.